The molecule has 0 heterocycles. The largest absolute Gasteiger partial charge is 0.312 e. The van der Waals surface area contributed by atoms with Crippen LogP contribution >= 0.6 is 11.6 Å². The monoisotopic (exact) mass is 243 g/mol. The Hall–Kier alpha value is -0.600. The van der Waals surface area contributed by atoms with Crippen LogP contribution in [-0.2, 0) is 6.54 Å². The summed E-state index contributed by atoms with van der Waals surface area (Å²) in [5.74, 6) is -0.351. The van der Waals surface area contributed by atoms with Gasteiger partial charge in [-0.25, -0.2) is 4.39 Å². The van der Waals surface area contributed by atoms with Crippen LogP contribution in [0.4, 0.5) is 4.39 Å². The molecule has 0 spiro atoms. The van der Waals surface area contributed by atoms with Crippen molar-refractivity contribution in [2.75, 3.05) is 6.54 Å². The van der Waals surface area contributed by atoms with Crippen molar-refractivity contribution in [2.24, 2.45) is 5.41 Å². The summed E-state index contributed by atoms with van der Waals surface area (Å²) in [7, 11) is 0. The van der Waals surface area contributed by atoms with E-state index in [1.54, 1.807) is 6.07 Å². The van der Waals surface area contributed by atoms with Gasteiger partial charge in [-0.3, -0.25) is 0 Å². The Morgan fingerprint density at radius 1 is 1.38 bits per heavy atom. The molecule has 0 unspecified atom stereocenters. The molecule has 3 heteroatoms. The smallest absolute Gasteiger partial charge is 0.142 e. The minimum atomic E-state index is -0.351. The Morgan fingerprint density at radius 3 is 2.69 bits per heavy atom. The molecule has 0 fully saturated rings. The van der Waals surface area contributed by atoms with Crippen molar-refractivity contribution in [2.45, 2.75) is 33.7 Å². The zero-order valence-corrected chi connectivity index (χ0v) is 10.9. The number of hydrogen-bond donors (Lipinski definition) is 1. The van der Waals surface area contributed by atoms with Crippen molar-refractivity contribution in [3.8, 4) is 0 Å². The zero-order chi connectivity index (χ0) is 12.2. The first-order valence-electron chi connectivity index (χ1n) is 5.60. The van der Waals surface area contributed by atoms with Gasteiger partial charge in [-0.05, 0) is 23.5 Å². The maximum atomic E-state index is 13.1. The van der Waals surface area contributed by atoms with Crippen LogP contribution in [0.5, 0.6) is 0 Å². The number of halogens is 2. The van der Waals surface area contributed by atoms with E-state index < -0.39 is 0 Å². The van der Waals surface area contributed by atoms with Crippen molar-refractivity contribution in [3.05, 3.63) is 34.6 Å². The van der Waals surface area contributed by atoms with Gasteiger partial charge in [0.15, 0.2) is 0 Å². The molecule has 1 rings (SSSR count). The first-order valence-corrected chi connectivity index (χ1v) is 5.97. The molecule has 1 nitrogen and oxygen atoms in total. The molecule has 90 valence electrons. The molecule has 16 heavy (non-hydrogen) atoms. The van der Waals surface area contributed by atoms with E-state index in [1.807, 2.05) is 6.07 Å². The van der Waals surface area contributed by atoms with Crippen LogP contribution in [0.2, 0.25) is 5.02 Å². The van der Waals surface area contributed by atoms with Gasteiger partial charge in [0, 0.05) is 13.1 Å². The summed E-state index contributed by atoms with van der Waals surface area (Å²) in [5, 5.41) is 3.54. The highest BCUT2D eigenvalue weighted by Gasteiger charge is 2.14. The van der Waals surface area contributed by atoms with Crippen molar-refractivity contribution in [1.82, 2.24) is 5.32 Å². The lowest BCUT2D eigenvalue weighted by atomic mass is 9.90. The van der Waals surface area contributed by atoms with Gasteiger partial charge in [-0.1, -0.05) is 44.5 Å². The van der Waals surface area contributed by atoms with Crippen LogP contribution in [0.3, 0.4) is 0 Å². The molecule has 0 aromatic heterocycles. The third-order valence-corrected chi connectivity index (χ3v) is 3.33. The van der Waals surface area contributed by atoms with E-state index in [9.17, 15) is 4.39 Å². The van der Waals surface area contributed by atoms with E-state index in [0.717, 1.165) is 18.5 Å². The molecule has 0 saturated carbocycles. The first kappa shape index (κ1) is 13.5. The van der Waals surface area contributed by atoms with Crippen molar-refractivity contribution in [3.63, 3.8) is 0 Å². The van der Waals surface area contributed by atoms with E-state index >= 15 is 0 Å². The average Bonchev–Trinajstić information content (AvgIpc) is 2.24. The number of hydrogen-bond acceptors (Lipinski definition) is 1. The lowest BCUT2D eigenvalue weighted by Gasteiger charge is -2.23. The van der Waals surface area contributed by atoms with Crippen LogP contribution < -0.4 is 5.32 Å². The maximum Gasteiger partial charge on any atom is 0.142 e. The van der Waals surface area contributed by atoms with E-state index in [0.29, 0.717) is 6.54 Å². The molecule has 0 aliphatic heterocycles. The molecular weight excluding hydrogens is 225 g/mol. The molecule has 0 amide bonds. The van der Waals surface area contributed by atoms with Gasteiger partial charge in [-0.15, -0.1) is 0 Å². The normalized spacial score (nSPS) is 11.8. The van der Waals surface area contributed by atoms with Gasteiger partial charge in [0.05, 0.1) is 5.02 Å². The highest BCUT2D eigenvalue weighted by atomic mass is 35.5. The fraction of sp³-hybridized carbons (Fsp3) is 0.538. The number of benzene rings is 1. The van der Waals surface area contributed by atoms with Crippen molar-refractivity contribution in [1.29, 1.82) is 0 Å². The molecule has 0 aliphatic rings. The molecule has 0 radical (unpaired) electrons. The Balaban J connectivity index is 2.53. The molecule has 0 saturated heterocycles. The Labute approximate surface area is 102 Å². The van der Waals surface area contributed by atoms with E-state index in [-0.39, 0.29) is 16.3 Å². The van der Waals surface area contributed by atoms with E-state index in [1.165, 1.54) is 6.07 Å². The van der Waals surface area contributed by atoms with Crippen LogP contribution in [0.15, 0.2) is 18.2 Å². The van der Waals surface area contributed by atoms with Gasteiger partial charge in [0.2, 0.25) is 0 Å². The van der Waals surface area contributed by atoms with E-state index in [2.05, 4.69) is 26.1 Å². The second-order valence-electron chi connectivity index (χ2n) is 4.83. The second-order valence-corrected chi connectivity index (χ2v) is 5.21. The topological polar surface area (TPSA) is 12.0 Å². The fourth-order valence-electron chi connectivity index (χ4n) is 1.35. The number of nitrogens with one attached hydrogen (secondary N) is 1. The predicted octanol–water partition coefficient (Wildman–Crippen LogP) is 4.00. The Kier molecular flexibility index (Phi) is 4.75. The minimum absolute atomic E-state index is 0.226. The minimum Gasteiger partial charge on any atom is -0.312 e. The van der Waals surface area contributed by atoms with Crippen molar-refractivity contribution < 1.29 is 4.39 Å². The summed E-state index contributed by atoms with van der Waals surface area (Å²) in [6.07, 6.45) is 1.11. The predicted molar refractivity (Wildman–Crippen MR) is 67.2 cm³/mol. The van der Waals surface area contributed by atoms with Gasteiger partial charge in [0.25, 0.3) is 0 Å². The standard InChI is InChI=1S/C13H19ClFN/c1-4-13(2,3)9-16-8-10-6-5-7-11(15)12(10)14/h5-7,16H,4,8-9H2,1-3H3. The SMILES string of the molecule is CCC(C)(C)CNCc1cccc(F)c1Cl. The summed E-state index contributed by atoms with van der Waals surface area (Å²) < 4.78 is 13.1. The highest BCUT2D eigenvalue weighted by Crippen LogP contribution is 2.21. The summed E-state index contributed by atoms with van der Waals surface area (Å²) in [4.78, 5) is 0. The third kappa shape index (κ3) is 3.76. The van der Waals surface area contributed by atoms with Gasteiger partial charge in [-0.2, -0.15) is 0 Å². The Bertz CT molecular complexity index is 350. The average molecular weight is 244 g/mol. The molecule has 1 aromatic rings. The molecule has 1 N–H and O–H groups in total. The van der Waals surface area contributed by atoms with Crippen LogP contribution in [0.25, 0.3) is 0 Å². The lowest BCUT2D eigenvalue weighted by molar-refractivity contribution is 0.327. The summed E-state index contributed by atoms with van der Waals surface area (Å²) in [6, 6.07) is 4.91. The van der Waals surface area contributed by atoms with Gasteiger partial charge in [0.1, 0.15) is 5.82 Å². The maximum absolute atomic E-state index is 13.1. The molecule has 0 bridgehead atoms. The Morgan fingerprint density at radius 2 is 2.06 bits per heavy atom. The third-order valence-electron chi connectivity index (χ3n) is 2.91. The summed E-state index contributed by atoms with van der Waals surface area (Å²) >= 11 is 5.86. The summed E-state index contributed by atoms with van der Waals surface area (Å²) in [5.41, 5.74) is 1.08. The summed E-state index contributed by atoms with van der Waals surface area (Å²) in [6.45, 7) is 8.08. The molecule has 0 aliphatic carbocycles. The molecule has 1 aromatic carbocycles. The second kappa shape index (κ2) is 5.65. The van der Waals surface area contributed by atoms with Gasteiger partial charge >= 0.3 is 0 Å². The highest BCUT2D eigenvalue weighted by molar-refractivity contribution is 6.31. The van der Waals surface area contributed by atoms with E-state index in [4.69, 9.17) is 11.6 Å². The van der Waals surface area contributed by atoms with Crippen LogP contribution in [0.1, 0.15) is 32.8 Å². The zero-order valence-electron chi connectivity index (χ0n) is 10.1. The van der Waals surface area contributed by atoms with Crippen LogP contribution in [0, 0.1) is 11.2 Å². The fourth-order valence-corrected chi connectivity index (χ4v) is 1.54. The molecule has 0 atom stereocenters. The van der Waals surface area contributed by atoms with Crippen molar-refractivity contribution >= 4 is 11.6 Å². The van der Waals surface area contributed by atoms with Crippen LogP contribution in [-0.4, -0.2) is 6.54 Å². The quantitative estimate of drug-likeness (QED) is 0.824. The molecular formula is C13H19ClFN. The lowest BCUT2D eigenvalue weighted by Crippen LogP contribution is -2.28. The van der Waals surface area contributed by atoms with Gasteiger partial charge < -0.3 is 5.32 Å². The first-order chi connectivity index (χ1) is 7.46. The number of rotatable bonds is 5.